The van der Waals surface area contributed by atoms with Gasteiger partial charge in [0.25, 0.3) is 0 Å². The van der Waals surface area contributed by atoms with Crippen LogP contribution >= 0.6 is 0 Å². The number of rotatable bonds is 7. The first-order chi connectivity index (χ1) is 19.2. The van der Waals surface area contributed by atoms with E-state index in [9.17, 15) is 21.8 Å². The molecule has 3 atom stereocenters. The Hall–Kier alpha value is -2.22. The van der Waals surface area contributed by atoms with Gasteiger partial charge in [0, 0.05) is 6.42 Å². The summed E-state index contributed by atoms with van der Waals surface area (Å²) >= 11 is 0. The Balaban J connectivity index is 0.000000184. The highest BCUT2D eigenvalue weighted by Gasteiger charge is 2.47. The minimum absolute atomic E-state index is 0.0278. The summed E-state index contributed by atoms with van der Waals surface area (Å²) in [7, 11) is -5.52. The molecule has 3 saturated carbocycles. The summed E-state index contributed by atoms with van der Waals surface area (Å²) in [5.41, 5.74) is 1.54. The molecule has 6 rings (SSSR count). The molecule has 3 aromatic carbocycles. The lowest BCUT2D eigenvalue weighted by molar-refractivity contribution is 0.0413. The molecule has 0 spiro atoms. The van der Waals surface area contributed by atoms with Gasteiger partial charge in [-0.25, -0.2) is 8.42 Å². The van der Waals surface area contributed by atoms with E-state index in [0.717, 1.165) is 25.2 Å². The van der Waals surface area contributed by atoms with Crippen LogP contribution in [0.4, 0.5) is 8.78 Å². The van der Waals surface area contributed by atoms with Crippen LogP contribution in [0.5, 0.6) is 0 Å². The molecule has 3 unspecified atom stereocenters. The molecule has 0 saturated heterocycles. The molecule has 0 heterocycles. The van der Waals surface area contributed by atoms with Crippen molar-refractivity contribution in [2.75, 3.05) is 0 Å². The van der Waals surface area contributed by atoms with Gasteiger partial charge in [0.05, 0.1) is 10.9 Å². The molecule has 0 radical (unpaired) electrons. The van der Waals surface area contributed by atoms with E-state index in [0.29, 0.717) is 12.3 Å². The van der Waals surface area contributed by atoms with Crippen molar-refractivity contribution in [3.8, 4) is 0 Å². The van der Waals surface area contributed by atoms with Crippen molar-refractivity contribution in [2.24, 2.45) is 17.8 Å². The van der Waals surface area contributed by atoms with Gasteiger partial charge in [-0.2, -0.15) is 8.78 Å². The normalized spacial score (nSPS) is 23.1. The Kier molecular flexibility index (Phi) is 9.33. The average molecular weight is 585 g/mol. The van der Waals surface area contributed by atoms with Crippen LogP contribution in [0.2, 0.25) is 0 Å². The summed E-state index contributed by atoms with van der Waals surface area (Å²) in [6, 6.07) is 31.3. The first kappa shape index (κ1) is 29.3. The van der Waals surface area contributed by atoms with Crippen molar-refractivity contribution in [1.29, 1.82) is 0 Å². The molecular weight excluding hydrogens is 546 g/mol. The molecule has 3 aliphatic rings. The maximum absolute atomic E-state index is 13.0. The largest absolute Gasteiger partial charge is 0.743 e. The lowest BCUT2D eigenvalue weighted by atomic mass is 9.84. The van der Waals surface area contributed by atoms with Gasteiger partial charge in [0.2, 0.25) is 0 Å². The third-order valence-corrected chi connectivity index (χ3v) is 12.0. The highest BCUT2D eigenvalue weighted by atomic mass is 32.2. The van der Waals surface area contributed by atoms with Crippen LogP contribution in [0.1, 0.15) is 75.7 Å². The summed E-state index contributed by atoms with van der Waals surface area (Å²) in [5.74, 6) is 1.19. The Morgan fingerprint density at radius 2 is 1.27 bits per heavy atom. The maximum Gasteiger partial charge on any atom is 0.334 e. The predicted molar refractivity (Wildman–Crippen MR) is 156 cm³/mol. The van der Waals surface area contributed by atoms with Crippen molar-refractivity contribution in [3.63, 3.8) is 0 Å². The quantitative estimate of drug-likeness (QED) is 0.206. The van der Waals surface area contributed by atoms with Gasteiger partial charge in [-0.1, -0.05) is 74.2 Å². The summed E-state index contributed by atoms with van der Waals surface area (Å²) in [4.78, 5) is 4.19. The van der Waals surface area contributed by atoms with E-state index in [4.69, 9.17) is 0 Å². The number of hydrogen-bond donors (Lipinski definition) is 0. The molecule has 0 aromatic heterocycles. The Morgan fingerprint density at radius 1 is 0.725 bits per heavy atom. The van der Waals surface area contributed by atoms with Gasteiger partial charge < -0.3 is 4.55 Å². The average Bonchev–Trinajstić information content (AvgIpc) is 3.58. The number of fused-ring (bicyclic) bond motifs is 2. The lowest BCUT2D eigenvalue weighted by Gasteiger charge is -2.27. The third-order valence-electron chi connectivity index (χ3n) is 8.90. The second-order valence-corrected chi connectivity index (χ2v) is 15.1. The molecule has 0 aliphatic heterocycles. The zero-order valence-electron chi connectivity index (χ0n) is 22.8. The number of halogens is 2. The van der Waals surface area contributed by atoms with Gasteiger partial charge in [-0.15, -0.1) is 0 Å². The standard InChI is InChI=1S/C24H25S.C9H14F2O3S/c1-4-10-20(11-5-1)21-16-18-24(19-17-21)25(22-12-6-2-7-13-22)23-14-8-3-9-15-23;10-9(11,15(12,13)14)5-8-4-6-1-2-7(8)3-6/h2-3,6-9,12-20H,1,4-5,10-11H2;6-8H,1-5H2,(H,12,13,14)/q+1;/p-1. The fraction of sp³-hybridized carbons (Fsp3) is 0.455. The van der Waals surface area contributed by atoms with Gasteiger partial charge in [0.1, 0.15) is 0 Å². The van der Waals surface area contributed by atoms with Crippen molar-refractivity contribution in [2.45, 2.75) is 90.1 Å². The first-order valence-electron chi connectivity index (χ1n) is 14.5. The van der Waals surface area contributed by atoms with E-state index in [2.05, 4.69) is 84.9 Å². The number of hydrogen-bond acceptors (Lipinski definition) is 3. The van der Waals surface area contributed by atoms with Gasteiger partial charge in [0.15, 0.2) is 24.8 Å². The van der Waals surface area contributed by atoms with Crippen molar-refractivity contribution >= 4 is 21.0 Å². The summed E-state index contributed by atoms with van der Waals surface area (Å²) < 4.78 is 57.0. The summed E-state index contributed by atoms with van der Waals surface area (Å²) in [6.07, 6.45) is 9.72. The van der Waals surface area contributed by atoms with E-state index in [-0.39, 0.29) is 22.7 Å². The van der Waals surface area contributed by atoms with E-state index >= 15 is 0 Å². The fourth-order valence-corrected chi connectivity index (χ4v) is 9.37. The topological polar surface area (TPSA) is 57.2 Å². The zero-order valence-corrected chi connectivity index (χ0v) is 24.4. The molecule has 3 nitrogen and oxygen atoms in total. The van der Waals surface area contributed by atoms with Crippen LogP contribution in [0.15, 0.2) is 99.6 Å². The minimum Gasteiger partial charge on any atom is -0.743 e. The molecule has 0 amide bonds. The molecule has 0 N–H and O–H groups in total. The summed E-state index contributed by atoms with van der Waals surface area (Å²) in [6.45, 7) is 0. The van der Waals surface area contributed by atoms with E-state index in [1.807, 2.05) is 0 Å². The Labute approximate surface area is 240 Å². The molecule has 3 aromatic rings. The number of benzene rings is 3. The Bertz CT molecular complexity index is 1290. The predicted octanol–water partition coefficient (Wildman–Crippen LogP) is 8.78. The Morgan fingerprint density at radius 3 is 1.75 bits per heavy atom. The summed E-state index contributed by atoms with van der Waals surface area (Å²) in [5, 5.41) is -4.08. The van der Waals surface area contributed by atoms with Crippen LogP contribution in [-0.4, -0.2) is 18.2 Å². The van der Waals surface area contributed by atoms with E-state index < -0.39 is 21.8 Å². The first-order valence-corrected chi connectivity index (χ1v) is 17.1. The van der Waals surface area contributed by atoms with Crippen molar-refractivity contribution in [3.05, 3.63) is 90.5 Å². The van der Waals surface area contributed by atoms with E-state index in [1.165, 1.54) is 52.4 Å². The van der Waals surface area contributed by atoms with Crippen molar-refractivity contribution in [1.82, 2.24) is 0 Å². The fourth-order valence-electron chi connectivity index (χ4n) is 6.87. The van der Waals surface area contributed by atoms with Gasteiger partial charge >= 0.3 is 5.25 Å². The van der Waals surface area contributed by atoms with Crippen molar-refractivity contribution < 1.29 is 21.8 Å². The second-order valence-electron chi connectivity index (χ2n) is 11.6. The van der Waals surface area contributed by atoms with Crippen LogP contribution in [0.3, 0.4) is 0 Å². The zero-order chi connectivity index (χ0) is 28.2. The van der Waals surface area contributed by atoms with Gasteiger partial charge in [-0.05, 0) is 97.7 Å². The molecular formula is C33H38F2O3S2. The SMILES string of the molecule is O=S(=O)([O-])C(F)(F)CC1CC2CCC1C2.c1ccc([S+](c2ccccc2)c2ccc(C3CCCCC3)cc2)cc1. The molecule has 2 bridgehead atoms. The molecule has 7 heteroatoms. The van der Waals surface area contributed by atoms with Gasteiger partial charge in [-0.3, -0.25) is 0 Å². The monoisotopic (exact) mass is 584 g/mol. The molecule has 3 fully saturated rings. The smallest absolute Gasteiger partial charge is 0.334 e. The lowest BCUT2D eigenvalue weighted by Crippen LogP contribution is -2.32. The third kappa shape index (κ3) is 6.97. The second kappa shape index (κ2) is 12.7. The van der Waals surface area contributed by atoms with E-state index in [1.54, 1.807) is 0 Å². The molecule has 40 heavy (non-hydrogen) atoms. The minimum atomic E-state index is -5.49. The molecule has 3 aliphatic carbocycles. The van der Waals surface area contributed by atoms with Crippen LogP contribution in [0, 0.1) is 17.8 Å². The molecule has 214 valence electrons. The van der Waals surface area contributed by atoms with Crippen LogP contribution < -0.4 is 0 Å². The highest BCUT2D eigenvalue weighted by Crippen LogP contribution is 2.51. The van der Waals surface area contributed by atoms with Crippen LogP contribution in [-0.2, 0) is 21.0 Å². The van der Waals surface area contributed by atoms with Crippen LogP contribution in [0.25, 0.3) is 0 Å². The number of alkyl halides is 2. The highest BCUT2D eigenvalue weighted by molar-refractivity contribution is 7.97. The maximum atomic E-state index is 13.0.